The molecule has 0 unspecified atom stereocenters. The number of carbonyl (C=O) groups excluding carboxylic acids is 2. The monoisotopic (exact) mass is 377 g/mol. The third-order valence-electron chi connectivity index (χ3n) is 5.62. The number of hydrogen-bond acceptors (Lipinski definition) is 3. The third-order valence-corrected chi connectivity index (χ3v) is 5.62. The summed E-state index contributed by atoms with van der Waals surface area (Å²) in [5.74, 6) is 0.135. The first-order chi connectivity index (χ1) is 13.7. The number of amides is 2. The Morgan fingerprint density at radius 1 is 1.00 bits per heavy atom. The Bertz CT molecular complexity index is 820. The minimum atomic E-state index is -0.0388. The highest BCUT2D eigenvalue weighted by molar-refractivity contribution is 5.97. The summed E-state index contributed by atoms with van der Waals surface area (Å²) in [5, 5.41) is 3.16. The van der Waals surface area contributed by atoms with Gasteiger partial charge in [-0.05, 0) is 49.1 Å². The van der Waals surface area contributed by atoms with Crippen molar-refractivity contribution in [3.05, 3.63) is 65.7 Å². The van der Waals surface area contributed by atoms with E-state index >= 15 is 0 Å². The van der Waals surface area contributed by atoms with E-state index in [-0.39, 0.29) is 17.9 Å². The van der Waals surface area contributed by atoms with Crippen molar-refractivity contribution in [2.24, 2.45) is 0 Å². The van der Waals surface area contributed by atoms with E-state index in [1.54, 1.807) is 0 Å². The fraction of sp³-hybridized carbons (Fsp3) is 0.391. The van der Waals surface area contributed by atoms with Crippen LogP contribution in [0.15, 0.2) is 54.6 Å². The number of nitrogens with zero attached hydrogens (tertiary/aromatic N) is 2. The van der Waals surface area contributed by atoms with E-state index in [1.807, 2.05) is 35.2 Å². The number of anilines is 1. The molecule has 2 aliphatic heterocycles. The van der Waals surface area contributed by atoms with Crippen molar-refractivity contribution >= 4 is 17.5 Å². The molecule has 1 atom stereocenters. The zero-order chi connectivity index (χ0) is 19.3. The number of hydrogen-bond donors (Lipinski definition) is 1. The minimum absolute atomic E-state index is 0.0388. The molecule has 0 aromatic heterocycles. The van der Waals surface area contributed by atoms with Gasteiger partial charge in [-0.25, -0.2) is 0 Å². The van der Waals surface area contributed by atoms with Gasteiger partial charge >= 0.3 is 0 Å². The predicted molar refractivity (Wildman–Crippen MR) is 110 cm³/mol. The van der Waals surface area contributed by atoms with Gasteiger partial charge in [-0.15, -0.1) is 0 Å². The van der Waals surface area contributed by atoms with E-state index in [2.05, 4.69) is 34.5 Å². The Labute approximate surface area is 166 Å². The van der Waals surface area contributed by atoms with E-state index in [0.29, 0.717) is 12.0 Å². The molecule has 0 saturated carbocycles. The Hall–Kier alpha value is -2.66. The summed E-state index contributed by atoms with van der Waals surface area (Å²) in [6.07, 6.45) is 3.59. The van der Waals surface area contributed by atoms with Crippen LogP contribution in [0.3, 0.4) is 0 Å². The van der Waals surface area contributed by atoms with Crippen LogP contribution in [0, 0.1) is 0 Å². The molecular formula is C23H27N3O2. The van der Waals surface area contributed by atoms with Crippen LogP contribution in [0.2, 0.25) is 0 Å². The predicted octanol–water partition coefficient (Wildman–Crippen LogP) is 3.21. The van der Waals surface area contributed by atoms with Crippen molar-refractivity contribution in [1.82, 2.24) is 10.2 Å². The standard InChI is InChI=1S/C23H27N3O2/c27-22-8-4-5-14-26(22)21-11-9-19(10-12-21)23(28)24-20-13-15-25(17-20)16-18-6-2-1-3-7-18/h1-3,6-7,9-12,20H,4-5,8,13-17H2,(H,24,28)/t20-/m1/s1. The van der Waals surface area contributed by atoms with Gasteiger partial charge in [0.05, 0.1) is 0 Å². The lowest BCUT2D eigenvalue weighted by Gasteiger charge is -2.26. The number of nitrogens with one attached hydrogen (secondary N) is 1. The van der Waals surface area contributed by atoms with E-state index in [1.165, 1.54) is 5.56 Å². The maximum absolute atomic E-state index is 12.6. The summed E-state index contributed by atoms with van der Waals surface area (Å²) in [5.41, 5.74) is 2.84. The van der Waals surface area contributed by atoms with Crippen molar-refractivity contribution in [3.63, 3.8) is 0 Å². The summed E-state index contributed by atoms with van der Waals surface area (Å²) in [4.78, 5) is 28.9. The molecule has 5 nitrogen and oxygen atoms in total. The first kappa shape index (κ1) is 18.7. The molecular weight excluding hydrogens is 350 g/mol. The molecule has 5 heteroatoms. The number of carbonyl (C=O) groups is 2. The van der Waals surface area contributed by atoms with Crippen LogP contribution < -0.4 is 10.2 Å². The highest BCUT2D eigenvalue weighted by Gasteiger charge is 2.24. The maximum Gasteiger partial charge on any atom is 0.251 e. The summed E-state index contributed by atoms with van der Waals surface area (Å²) in [6.45, 7) is 3.56. The molecule has 2 aromatic rings. The summed E-state index contributed by atoms with van der Waals surface area (Å²) in [7, 11) is 0. The molecule has 0 spiro atoms. The highest BCUT2D eigenvalue weighted by atomic mass is 16.2. The van der Waals surface area contributed by atoms with E-state index < -0.39 is 0 Å². The topological polar surface area (TPSA) is 52.7 Å². The van der Waals surface area contributed by atoms with Crippen LogP contribution >= 0.6 is 0 Å². The lowest BCUT2D eigenvalue weighted by atomic mass is 10.1. The third kappa shape index (κ3) is 4.42. The molecule has 2 amide bonds. The van der Waals surface area contributed by atoms with Crippen molar-refractivity contribution < 1.29 is 9.59 Å². The Morgan fingerprint density at radius 3 is 2.54 bits per heavy atom. The smallest absolute Gasteiger partial charge is 0.251 e. The van der Waals surface area contributed by atoms with Crippen LogP contribution in [0.5, 0.6) is 0 Å². The SMILES string of the molecule is O=C(N[C@@H]1CCN(Cc2ccccc2)C1)c1ccc(N2CCCCC2=O)cc1. The molecule has 1 N–H and O–H groups in total. The number of piperidine rings is 1. The molecule has 0 radical (unpaired) electrons. The lowest BCUT2D eigenvalue weighted by molar-refractivity contribution is -0.119. The normalized spacial score (nSPS) is 20.4. The average molecular weight is 377 g/mol. The molecule has 2 fully saturated rings. The summed E-state index contributed by atoms with van der Waals surface area (Å²) < 4.78 is 0. The molecule has 2 aromatic carbocycles. The van der Waals surface area contributed by atoms with Crippen molar-refractivity contribution in [2.75, 3.05) is 24.5 Å². The van der Waals surface area contributed by atoms with E-state index in [4.69, 9.17) is 0 Å². The average Bonchev–Trinajstić information content (AvgIpc) is 3.16. The lowest BCUT2D eigenvalue weighted by Crippen LogP contribution is -2.37. The van der Waals surface area contributed by atoms with Crippen molar-refractivity contribution in [3.8, 4) is 0 Å². The van der Waals surface area contributed by atoms with Gasteiger partial charge in [0.25, 0.3) is 5.91 Å². The fourth-order valence-electron chi connectivity index (χ4n) is 4.08. The molecule has 0 bridgehead atoms. The first-order valence-electron chi connectivity index (χ1n) is 10.2. The van der Waals surface area contributed by atoms with Crippen LogP contribution in [-0.2, 0) is 11.3 Å². The van der Waals surface area contributed by atoms with Gasteiger partial charge in [-0.3, -0.25) is 14.5 Å². The number of likely N-dealkylation sites (tertiary alicyclic amines) is 1. The van der Waals surface area contributed by atoms with E-state index in [0.717, 1.165) is 51.1 Å². The van der Waals surface area contributed by atoms with E-state index in [9.17, 15) is 9.59 Å². The van der Waals surface area contributed by atoms with Crippen LogP contribution in [-0.4, -0.2) is 42.4 Å². The molecule has 2 heterocycles. The minimum Gasteiger partial charge on any atom is -0.348 e. The Morgan fingerprint density at radius 2 is 1.79 bits per heavy atom. The van der Waals surface area contributed by atoms with Crippen molar-refractivity contribution in [2.45, 2.75) is 38.3 Å². The number of benzene rings is 2. The molecule has 2 saturated heterocycles. The fourth-order valence-corrected chi connectivity index (χ4v) is 4.08. The van der Waals surface area contributed by atoms with Gasteiger partial charge in [0.1, 0.15) is 0 Å². The van der Waals surface area contributed by atoms with Gasteiger partial charge in [0.15, 0.2) is 0 Å². The van der Waals surface area contributed by atoms with Gasteiger partial charge < -0.3 is 10.2 Å². The van der Waals surface area contributed by atoms with Gasteiger partial charge in [-0.2, -0.15) is 0 Å². The molecule has 4 rings (SSSR count). The Kier molecular flexibility index (Phi) is 5.72. The van der Waals surface area contributed by atoms with Crippen LogP contribution in [0.4, 0.5) is 5.69 Å². The second-order valence-corrected chi connectivity index (χ2v) is 7.73. The van der Waals surface area contributed by atoms with Gasteiger partial charge in [0.2, 0.25) is 5.91 Å². The summed E-state index contributed by atoms with van der Waals surface area (Å²) in [6, 6.07) is 18.0. The number of rotatable bonds is 5. The van der Waals surface area contributed by atoms with Crippen molar-refractivity contribution in [1.29, 1.82) is 0 Å². The van der Waals surface area contributed by atoms with Crippen LogP contribution in [0.1, 0.15) is 41.6 Å². The second kappa shape index (κ2) is 8.57. The Balaban J connectivity index is 1.31. The molecule has 28 heavy (non-hydrogen) atoms. The zero-order valence-electron chi connectivity index (χ0n) is 16.1. The second-order valence-electron chi connectivity index (χ2n) is 7.73. The molecule has 146 valence electrons. The maximum atomic E-state index is 12.6. The van der Waals surface area contributed by atoms with Gasteiger partial charge in [-0.1, -0.05) is 30.3 Å². The zero-order valence-corrected chi connectivity index (χ0v) is 16.1. The largest absolute Gasteiger partial charge is 0.348 e. The van der Waals surface area contributed by atoms with Gasteiger partial charge in [0, 0.05) is 49.9 Å². The quantitative estimate of drug-likeness (QED) is 0.871. The highest BCUT2D eigenvalue weighted by Crippen LogP contribution is 2.21. The van der Waals surface area contributed by atoms with Crippen LogP contribution in [0.25, 0.3) is 0 Å². The molecule has 0 aliphatic carbocycles. The first-order valence-corrected chi connectivity index (χ1v) is 10.2. The summed E-state index contributed by atoms with van der Waals surface area (Å²) >= 11 is 0. The molecule has 2 aliphatic rings.